The van der Waals surface area contributed by atoms with Crippen molar-refractivity contribution in [1.82, 2.24) is 5.32 Å². The smallest absolute Gasteiger partial charge is 0.333 e. The zero-order valence-corrected chi connectivity index (χ0v) is 14.8. The van der Waals surface area contributed by atoms with Crippen molar-refractivity contribution in [1.29, 1.82) is 0 Å². The molecule has 0 spiro atoms. The molecule has 4 aliphatic rings. The highest BCUT2D eigenvalue weighted by molar-refractivity contribution is 5.87. The SMILES string of the molecule is C=C(C)C(=O)OCCNC(=O)C12CC3CC(O)(CC(CC)(C3)C1)C2. The fourth-order valence-electron chi connectivity index (χ4n) is 5.85. The first-order chi connectivity index (χ1) is 11.2. The number of aliphatic hydroxyl groups is 1. The molecule has 4 atom stereocenters. The Kier molecular flexibility index (Phi) is 4.27. The van der Waals surface area contributed by atoms with Crippen LogP contribution in [0.1, 0.15) is 58.8 Å². The fourth-order valence-corrected chi connectivity index (χ4v) is 5.85. The van der Waals surface area contributed by atoms with Crippen LogP contribution in [-0.2, 0) is 14.3 Å². The quantitative estimate of drug-likeness (QED) is 0.444. The van der Waals surface area contributed by atoms with Gasteiger partial charge in [0, 0.05) is 5.57 Å². The standard InChI is InChI=1S/C19H29NO4/c1-4-17-7-14-8-18(10-17,12-19(23,9-14)11-17)16(22)20-5-6-24-15(21)13(2)3/h14,23H,2,4-12H2,1,3H3,(H,20,22). The van der Waals surface area contributed by atoms with Crippen LogP contribution in [0.4, 0.5) is 0 Å². The van der Waals surface area contributed by atoms with Gasteiger partial charge in [-0.2, -0.15) is 0 Å². The number of esters is 1. The van der Waals surface area contributed by atoms with Crippen molar-refractivity contribution >= 4 is 11.9 Å². The summed E-state index contributed by atoms with van der Waals surface area (Å²) < 4.78 is 5.03. The van der Waals surface area contributed by atoms with Gasteiger partial charge in [0.1, 0.15) is 6.61 Å². The van der Waals surface area contributed by atoms with E-state index in [0.717, 1.165) is 38.5 Å². The van der Waals surface area contributed by atoms with Gasteiger partial charge in [0.05, 0.1) is 17.6 Å². The molecule has 4 aliphatic carbocycles. The van der Waals surface area contributed by atoms with Crippen molar-refractivity contribution in [2.75, 3.05) is 13.2 Å². The number of carbonyl (C=O) groups excluding carboxylic acids is 2. The molecule has 0 aliphatic heterocycles. The second kappa shape index (κ2) is 5.87. The van der Waals surface area contributed by atoms with Gasteiger partial charge < -0.3 is 15.2 Å². The van der Waals surface area contributed by atoms with Gasteiger partial charge in [0.25, 0.3) is 0 Å². The maximum atomic E-state index is 12.9. The Bertz CT molecular complexity index is 574. The molecule has 4 rings (SSSR count). The average molecular weight is 335 g/mol. The average Bonchev–Trinajstić information content (AvgIpc) is 2.48. The maximum Gasteiger partial charge on any atom is 0.333 e. The molecular formula is C19H29NO4. The number of ether oxygens (including phenoxy) is 1. The van der Waals surface area contributed by atoms with Crippen molar-refractivity contribution in [3.05, 3.63) is 12.2 Å². The Morgan fingerprint density at radius 1 is 1.25 bits per heavy atom. The maximum absolute atomic E-state index is 12.9. The van der Waals surface area contributed by atoms with Crippen LogP contribution in [0.15, 0.2) is 12.2 Å². The fraction of sp³-hybridized carbons (Fsp3) is 0.789. The van der Waals surface area contributed by atoms with E-state index in [9.17, 15) is 14.7 Å². The summed E-state index contributed by atoms with van der Waals surface area (Å²) in [7, 11) is 0. The Labute approximate surface area is 143 Å². The number of hydrogen-bond acceptors (Lipinski definition) is 4. The van der Waals surface area contributed by atoms with E-state index in [-0.39, 0.29) is 17.9 Å². The number of hydrogen-bond donors (Lipinski definition) is 2. The number of nitrogens with one attached hydrogen (secondary N) is 1. The van der Waals surface area contributed by atoms with Crippen molar-refractivity contribution in [2.24, 2.45) is 16.7 Å². The van der Waals surface area contributed by atoms with E-state index in [4.69, 9.17) is 4.74 Å². The molecule has 0 radical (unpaired) electrons. The first-order valence-corrected chi connectivity index (χ1v) is 9.05. The molecule has 4 bridgehead atoms. The third-order valence-corrected chi connectivity index (χ3v) is 6.36. The molecule has 0 heterocycles. The first-order valence-electron chi connectivity index (χ1n) is 9.05. The second-order valence-corrected chi connectivity index (χ2v) is 8.54. The summed E-state index contributed by atoms with van der Waals surface area (Å²) in [5, 5.41) is 13.9. The molecule has 0 aromatic rings. The minimum atomic E-state index is -0.667. The summed E-state index contributed by atoms with van der Waals surface area (Å²) in [5.74, 6) is 0.0470. The zero-order chi connectivity index (χ0) is 17.6. The lowest BCUT2D eigenvalue weighted by atomic mass is 9.42. The molecule has 24 heavy (non-hydrogen) atoms. The lowest BCUT2D eigenvalue weighted by Gasteiger charge is -2.64. The Morgan fingerprint density at radius 3 is 2.62 bits per heavy atom. The number of amides is 1. The highest BCUT2D eigenvalue weighted by Gasteiger charge is 2.64. The number of rotatable bonds is 6. The molecule has 1 amide bonds. The molecule has 4 fully saturated rings. The van der Waals surface area contributed by atoms with E-state index < -0.39 is 17.0 Å². The molecule has 0 aromatic carbocycles. The van der Waals surface area contributed by atoms with E-state index >= 15 is 0 Å². The summed E-state index contributed by atoms with van der Waals surface area (Å²) in [5.41, 5.74) is -0.630. The van der Waals surface area contributed by atoms with Crippen LogP contribution in [0.3, 0.4) is 0 Å². The van der Waals surface area contributed by atoms with Gasteiger partial charge >= 0.3 is 5.97 Å². The van der Waals surface area contributed by atoms with Gasteiger partial charge in [-0.3, -0.25) is 4.79 Å². The molecule has 5 nitrogen and oxygen atoms in total. The minimum absolute atomic E-state index is 0.0224. The van der Waals surface area contributed by atoms with Crippen LogP contribution >= 0.6 is 0 Å². The predicted octanol–water partition coefficient (Wildman–Crippen LogP) is 2.33. The van der Waals surface area contributed by atoms with E-state index in [1.807, 2.05) is 0 Å². The van der Waals surface area contributed by atoms with E-state index in [0.29, 0.717) is 24.5 Å². The third-order valence-electron chi connectivity index (χ3n) is 6.36. The topological polar surface area (TPSA) is 75.6 Å². The van der Waals surface area contributed by atoms with Crippen molar-refractivity contribution < 1.29 is 19.4 Å². The van der Waals surface area contributed by atoms with Crippen LogP contribution in [0.2, 0.25) is 0 Å². The van der Waals surface area contributed by atoms with Crippen LogP contribution < -0.4 is 5.32 Å². The molecule has 4 unspecified atom stereocenters. The highest BCUT2D eigenvalue weighted by atomic mass is 16.5. The molecule has 5 heteroatoms. The molecule has 134 valence electrons. The normalized spacial score (nSPS) is 39.5. The van der Waals surface area contributed by atoms with Gasteiger partial charge in [0.15, 0.2) is 0 Å². The molecular weight excluding hydrogens is 306 g/mol. The monoisotopic (exact) mass is 335 g/mol. The van der Waals surface area contributed by atoms with E-state index in [1.54, 1.807) is 6.92 Å². The molecule has 2 N–H and O–H groups in total. The molecule has 0 saturated heterocycles. The summed E-state index contributed by atoms with van der Waals surface area (Å²) in [6.45, 7) is 7.77. The number of carbonyl (C=O) groups is 2. The van der Waals surface area contributed by atoms with Crippen molar-refractivity contribution in [2.45, 2.75) is 64.4 Å². The van der Waals surface area contributed by atoms with E-state index in [2.05, 4.69) is 18.8 Å². The molecule has 4 saturated carbocycles. The van der Waals surface area contributed by atoms with E-state index in [1.165, 1.54) is 0 Å². The summed E-state index contributed by atoms with van der Waals surface area (Å²) >= 11 is 0. The van der Waals surface area contributed by atoms with Gasteiger partial charge in [-0.25, -0.2) is 4.79 Å². The van der Waals surface area contributed by atoms with Crippen LogP contribution in [0.25, 0.3) is 0 Å². The Hall–Kier alpha value is -1.36. The van der Waals surface area contributed by atoms with Crippen LogP contribution in [0.5, 0.6) is 0 Å². The highest BCUT2D eigenvalue weighted by Crippen LogP contribution is 2.67. The third kappa shape index (κ3) is 2.99. The Balaban J connectivity index is 1.62. The minimum Gasteiger partial charge on any atom is -0.460 e. The predicted molar refractivity (Wildman–Crippen MR) is 90.1 cm³/mol. The summed E-state index contributed by atoms with van der Waals surface area (Å²) in [6, 6.07) is 0. The van der Waals surface area contributed by atoms with Crippen molar-refractivity contribution in [3.63, 3.8) is 0 Å². The zero-order valence-electron chi connectivity index (χ0n) is 14.8. The largest absolute Gasteiger partial charge is 0.460 e. The molecule has 0 aromatic heterocycles. The second-order valence-electron chi connectivity index (χ2n) is 8.54. The lowest BCUT2D eigenvalue weighted by molar-refractivity contribution is -0.204. The van der Waals surface area contributed by atoms with Crippen molar-refractivity contribution in [3.8, 4) is 0 Å². The first kappa shape index (κ1) is 17.5. The van der Waals surface area contributed by atoms with Gasteiger partial charge in [-0.15, -0.1) is 0 Å². The van der Waals surface area contributed by atoms with Crippen LogP contribution in [-0.4, -0.2) is 35.7 Å². The van der Waals surface area contributed by atoms with Crippen LogP contribution in [0, 0.1) is 16.7 Å². The Morgan fingerprint density at radius 2 is 2.00 bits per heavy atom. The van der Waals surface area contributed by atoms with Gasteiger partial charge in [0.2, 0.25) is 5.91 Å². The van der Waals surface area contributed by atoms with Gasteiger partial charge in [-0.1, -0.05) is 19.9 Å². The van der Waals surface area contributed by atoms with Gasteiger partial charge in [-0.05, 0) is 56.8 Å². The summed E-state index contributed by atoms with van der Waals surface area (Å²) in [6.07, 6.45) is 6.21. The summed E-state index contributed by atoms with van der Waals surface area (Å²) in [4.78, 5) is 24.3. The lowest BCUT2D eigenvalue weighted by Crippen LogP contribution is -2.63.